The fourth-order valence-corrected chi connectivity index (χ4v) is 3.94. The van der Waals surface area contributed by atoms with Crippen molar-refractivity contribution in [2.45, 2.75) is 38.3 Å². The Hall–Kier alpha value is 0.270. The second-order valence-electron chi connectivity index (χ2n) is 4.70. The minimum atomic E-state index is 0.164. The van der Waals surface area contributed by atoms with Gasteiger partial charge in [-0.25, -0.2) is 0 Å². The van der Waals surface area contributed by atoms with Crippen LogP contribution in [0.1, 0.15) is 26.7 Å². The van der Waals surface area contributed by atoms with Crippen molar-refractivity contribution in [2.24, 2.45) is 5.92 Å². The van der Waals surface area contributed by atoms with Crippen LogP contribution in [0.2, 0.25) is 0 Å². The molecule has 2 aliphatic heterocycles. The maximum atomic E-state index is 6.10. The topological polar surface area (TPSA) is 21.3 Å². The molecule has 0 bridgehead atoms. The predicted octanol–water partition coefficient (Wildman–Crippen LogP) is 1.90. The van der Waals surface area contributed by atoms with E-state index >= 15 is 0 Å². The van der Waals surface area contributed by atoms with Gasteiger partial charge in [0.2, 0.25) is 0 Å². The summed E-state index contributed by atoms with van der Waals surface area (Å²) < 4.78 is 6.10. The van der Waals surface area contributed by atoms with Crippen LogP contribution >= 0.6 is 11.8 Å². The lowest BCUT2D eigenvalue weighted by atomic mass is 9.80. The Kier molecular flexibility index (Phi) is 3.40. The van der Waals surface area contributed by atoms with Crippen LogP contribution in [0.4, 0.5) is 0 Å². The lowest BCUT2D eigenvalue weighted by Gasteiger charge is -2.48. The van der Waals surface area contributed by atoms with Crippen molar-refractivity contribution in [3.8, 4) is 0 Å². The first kappa shape index (κ1) is 10.8. The van der Waals surface area contributed by atoms with Gasteiger partial charge in [-0.2, -0.15) is 11.8 Å². The highest BCUT2D eigenvalue weighted by Crippen LogP contribution is 2.37. The Morgan fingerprint density at radius 2 is 2.07 bits per heavy atom. The van der Waals surface area contributed by atoms with Crippen LogP contribution in [0.5, 0.6) is 0 Å². The van der Waals surface area contributed by atoms with Gasteiger partial charge in [0.1, 0.15) is 0 Å². The van der Waals surface area contributed by atoms with Gasteiger partial charge in [0.25, 0.3) is 0 Å². The monoisotopic (exact) mass is 215 g/mol. The average Bonchev–Trinajstić information content (AvgIpc) is 2.19. The van der Waals surface area contributed by atoms with E-state index < -0.39 is 0 Å². The molecular weight excluding hydrogens is 194 g/mol. The number of hydrogen-bond donors (Lipinski definition) is 1. The van der Waals surface area contributed by atoms with Crippen LogP contribution in [0.25, 0.3) is 0 Å². The maximum absolute atomic E-state index is 6.10. The average molecular weight is 215 g/mol. The van der Waals surface area contributed by atoms with E-state index in [1.165, 1.54) is 24.3 Å². The predicted molar refractivity (Wildman–Crippen MR) is 61.9 cm³/mol. The molecule has 14 heavy (non-hydrogen) atoms. The molecule has 2 fully saturated rings. The number of thioether (sulfide) groups is 1. The van der Waals surface area contributed by atoms with Crippen LogP contribution in [-0.2, 0) is 4.74 Å². The first-order valence-electron chi connectivity index (χ1n) is 5.70. The molecule has 1 N–H and O–H groups in total. The third-order valence-electron chi connectivity index (χ3n) is 3.43. The molecule has 2 nitrogen and oxygen atoms in total. The van der Waals surface area contributed by atoms with Gasteiger partial charge in [-0.1, -0.05) is 13.8 Å². The Bertz CT molecular complexity index is 181. The molecule has 1 spiro atoms. The van der Waals surface area contributed by atoms with E-state index in [4.69, 9.17) is 4.74 Å². The third kappa shape index (κ3) is 1.95. The highest BCUT2D eigenvalue weighted by Gasteiger charge is 2.44. The van der Waals surface area contributed by atoms with Crippen molar-refractivity contribution in [3.63, 3.8) is 0 Å². The molecule has 0 aliphatic carbocycles. The zero-order valence-corrected chi connectivity index (χ0v) is 10.0. The van der Waals surface area contributed by atoms with Crippen LogP contribution in [0.15, 0.2) is 0 Å². The van der Waals surface area contributed by atoms with Crippen molar-refractivity contribution in [3.05, 3.63) is 0 Å². The summed E-state index contributed by atoms with van der Waals surface area (Å²) in [5, 5.41) is 3.64. The lowest BCUT2D eigenvalue weighted by Crippen LogP contribution is -2.61. The quantitative estimate of drug-likeness (QED) is 0.722. The summed E-state index contributed by atoms with van der Waals surface area (Å²) in [5.74, 6) is 3.22. The van der Waals surface area contributed by atoms with Gasteiger partial charge in [-0.15, -0.1) is 0 Å². The molecule has 3 heteroatoms. The molecule has 0 saturated carbocycles. The standard InChI is InChI=1S/C11H21NOS/c1-9(2)10-11(13-6-5-12-10)3-7-14-8-4-11/h9-10,12H,3-8H2,1-2H3. The zero-order valence-electron chi connectivity index (χ0n) is 9.21. The van der Waals surface area contributed by atoms with E-state index in [0.29, 0.717) is 12.0 Å². The molecule has 0 amide bonds. The number of ether oxygens (including phenoxy) is 1. The summed E-state index contributed by atoms with van der Waals surface area (Å²) in [6.07, 6.45) is 2.46. The van der Waals surface area contributed by atoms with Crippen LogP contribution in [-0.4, -0.2) is 36.3 Å². The number of rotatable bonds is 1. The summed E-state index contributed by atoms with van der Waals surface area (Å²) in [6, 6.07) is 0.567. The number of hydrogen-bond acceptors (Lipinski definition) is 3. The highest BCUT2D eigenvalue weighted by molar-refractivity contribution is 7.99. The van der Waals surface area contributed by atoms with Gasteiger partial charge >= 0.3 is 0 Å². The first-order valence-corrected chi connectivity index (χ1v) is 6.85. The Morgan fingerprint density at radius 1 is 1.36 bits per heavy atom. The summed E-state index contributed by atoms with van der Waals surface area (Å²) >= 11 is 2.07. The van der Waals surface area contributed by atoms with Crippen LogP contribution < -0.4 is 5.32 Å². The van der Waals surface area contributed by atoms with E-state index in [1.54, 1.807) is 0 Å². The van der Waals surface area contributed by atoms with Crippen LogP contribution in [0.3, 0.4) is 0 Å². The summed E-state index contributed by atoms with van der Waals surface area (Å²) in [5.41, 5.74) is 0.164. The van der Waals surface area contributed by atoms with Crippen molar-refractivity contribution >= 4 is 11.8 Å². The molecule has 82 valence electrons. The van der Waals surface area contributed by atoms with E-state index in [1.807, 2.05) is 0 Å². The van der Waals surface area contributed by atoms with Gasteiger partial charge in [0, 0.05) is 12.6 Å². The number of morpholine rings is 1. The Morgan fingerprint density at radius 3 is 2.71 bits per heavy atom. The smallest absolute Gasteiger partial charge is 0.0853 e. The Balaban J connectivity index is 2.10. The van der Waals surface area contributed by atoms with Crippen molar-refractivity contribution in [2.75, 3.05) is 24.7 Å². The second-order valence-corrected chi connectivity index (χ2v) is 5.93. The molecule has 2 heterocycles. The third-order valence-corrected chi connectivity index (χ3v) is 4.41. The lowest BCUT2D eigenvalue weighted by molar-refractivity contribution is -0.112. The molecule has 0 aromatic rings. The number of nitrogens with one attached hydrogen (secondary N) is 1. The second kappa shape index (κ2) is 4.42. The zero-order chi connectivity index (χ0) is 10.0. The van der Waals surface area contributed by atoms with Gasteiger partial charge in [0.15, 0.2) is 0 Å². The molecule has 1 unspecified atom stereocenters. The largest absolute Gasteiger partial charge is 0.372 e. The van der Waals surface area contributed by atoms with Crippen molar-refractivity contribution in [1.29, 1.82) is 0 Å². The molecule has 0 radical (unpaired) electrons. The fraction of sp³-hybridized carbons (Fsp3) is 1.00. The Labute approximate surface area is 91.2 Å². The van der Waals surface area contributed by atoms with Gasteiger partial charge in [0.05, 0.1) is 12.2 Å². The molecule has 2 saturated heterocycles. The van der Waals surface area contributed by atoms with Gasteiger partial charge in [-0.05, 0) is 30.3 Å². The molecule has 0 aromatic carbocycles. The molecule has 2 rings (SSSR count). The van der Waals surface area contributed by atoms with Gasteiger partial charge < -0.3 is 10.1 Å². The van der Waals surface area contributed by atoms with E-state index in [2.05, 4.69) is 30.9 Å². The van der Waals surface area contributed by atoms with Crippen molar-refractivity contribution in [1.82, 2.24) is 5.32 Å². The fourth-order valence-electron chi connectivity index (χ4n) is 2.76. The minimum absolute atomic E-state index is 0.164. The SMILES string of the molecule is CC(C)C1NCCOC12CCSCC2. The molecule has 0 aromatic heterocycles. The highest BCUT2D eigenvalue weighted by atomic mass is 32.2. The maximum Gasteiger partial charge on any atom is 0.0853 e. The minimum Gasteiger partial charge on any atom is -0.372 e. The van der Waals surface area contributed by atoms with Gasteiger partial charge in [-0.3, -0.25) is 0 Å². The normalized spacial score (nSPS) is 32.4. The first-order chi connectivity index (χ1) is 6.75. The molecular formula is C11H21NOS. The van der Waals surface area contributed by atoms with E-state index in [9.17, 15) is 0 Å². The van der Waals surface area contributed by atoms with E-state index in [-0.39, 0.29) is 5.60 Å². The van der Waals surface area contributed by atoms with E-state index in [0.717, 1.165) is 13.2 Å². The summed E-state index contributed by atoms with van der Waals surface area (Å²) in [7, 11) is 0. The van der Waals surface area contributed by atoms with Crippen molar-refractivity contribution < 1.29 is 4.74 Å². The van der Waals surface area contributed by atoms with Crippen LogP contribution in [0, 0.1) is 5.92 Å². The summed E-state index contributed by atoms with van der Waals surface area (Å²) in [4.78, 5) is 0. The summed E-state index contributed by atoms with van der Waals surface area (Å²) in [6.45, 7) is 6.53. The molecule has 2 aliphatic rings. The molecule has 1 atom stereocenters.